The van der Waals surface area contributed by atoms with Gasteiger partial charge in [-0.15, -0.1) is 0 Å². The van der Waals surface area contributed by atoms with Gasteiger partial charge < -0.3 is 0 Å². The van der Waals surface area contributed by atoms with Gasteiger partial charge in [0, 0.05) is 17.6 Å². The highest BCUT2D eigenvalue weighted by molar-refractivity contribution is 7.86. The second-order valence-electron chi connectivity index (χ2n) is 5.74. The first-order valence-electron chi connectivity index (χ1n) is 7.44. The Morgan fingerprint density at radius 3 is 2.29 bits per heavy atom. The average molecular weight is 345 g/mol. The molecule has 2 N–H and O–H groups in total. The van der Waals surface area contributed by atoms with Gasteiger partial charge in [-0.2, -0.15) is 8.42 Å². The molecule has 0 saturated heterocycles. The Morgan fingerprint density at radius 1 is 1.08 bits per heavy atom. The van der Waals surface area contributed by atoms with Gasteiger partial charge in [-0.25, -0.2) is 5.84 Å². The number of hydrogen-bond donors (Lipinski definition) is 1. The smallest absolute Gasteiger partial charge is 0.253 e. The van der Waals surface area contributed by atoms with Crippen LogP contribution in [0.5, 0.6) is 0 Å². The van der Waals surface area contributed by atoms with Crippen LogP contribution in [-0.4, -0.2) is 15.0 Å². The monoisotopic (exact) mass is 345 g/mol. The van der Waals surface area contributed by atoms with E-state index in [9.17, 15) is 8.42 Å². The van der Waals surface area contributed by atoms with E-state index in [1.165, 1.54) is 4.68 Å². The second-order valence-corrected chi connectivity index (χ2v) is 7.30. The lowest BCUT2D eigenvalue weighted by Gasteiger charge is -2.10. The SMILES string of the molecule is Cc1cc(C)c(S(=O)(=O)OCC#Cc2ccc(C)c[n+]2N)c(C)c1. The van der Waals surface area contributed by atoms with Gasteiger partial charge >= 0.3 is 0 Å². The third kappa shape index (κ3) is 4.13. The molecule has 0 bridgehead atoms. The molecule has 1 aromatic heterocycles. The number of pyridine rings is 1. The third-order valence-electron chi connectivity index (χ3n) is 3.48. The number of benzene rings is 1. The van der Waals surface area contributed by atoms with Crippen LogP contribution >= 0.6 is 0 Å². The summed E-state index contributed by atoms with van der Waals surface area (Å²) in [5.41, 5.74) is 3.92. The van der Waals surface area contributed by atoms with Crippen LogP contribution < -0.4 is 10.5 Å². The zero-order valence-electron chi connectivity index (χ0n) is 14.3. The van der Waals surface area contributed by atoms with Crippen molar-refractivity contribution in [2.75, 3.05) is 12.4 Å². The zero-order chi connectivity index (χ0) is 17.9. The summed E-state index contributed by atoms with van der Waals surface area (Å²) in [7, 11) is -3.85. The van der Waals surface area contributed by atoms with Crippen molar-refractivity contribution < 1.29 is 17.3 Å². The van der Waals surface area contributed by atoms with E-state index >= 15 is 0 Å². The van der Waals surface area contributed by atoms with Gasteiger partial charge in [-0.3, -0.25) is 4.18 Å². The normalized spacial score (nSPS) is 11.0. The fourth-order valence-electron chi connectivity index (χ4n) is 2.59. The van der Waals surface area contributed by atoms with Crippen molar-refractivity contribution in [2.45, 2.75) is 32.6 Å². The van der Waals surface area contributed by atoms with Crippen LogP contribution in [0.1, 0.15) is 27.9 Å². The number of nitrogen functional groups attached to an aromatic ring is 1. The van der Waals surface area contributed by atoms with Crippen LogP contribution in [0.3, 0.4) is 0 Å². The standard InChI is InChI=1S/C18H21N2O3S/c1-13-7-8-17(20(19)12-13)6-5-9-23-24(21,22)18-15(3)10-14(2)11-16(18)4/h7-8,10-12H,9,19H2,1-4H3/q+1. The molecular formula is C18H21N2O3S+. The van der Waals surface area contributed by atoms with Crippen molar-refractivity contribution in [3.05, 3.63) is 58.4 Å². The van der Waals surface area contributed by atoms with Crippen molar-refractivity contribution in [3.63, 3.8) is 0 Å². The summed E-state index contributed by atoms with van der Waals surface area (Å²) in [6.45, 7) is 7.12. The van der Waals surface area contributed by atoms with Crippen molar-refractivity contribution in [2.24, 2.45) is 0 Å². The van der Waals surface area contributed by atoms with Gasteiger partial charge in [0.15, 0.2) is 0 Å². The Labute approximate surface area is 143 Å². The largest absolute Gasteiger partial charge is 0.298 e. The van der Waals surface area contributed by atoms with Crippen molar-refractivity contribution in [1.82, 2.24) is 0 Å². The van der Waals surface area contributed by atoms with Crippen LogP contribution in [0.4, 0.5) is 0 Å². The second kappa shape index (κ2) is 7.04. The summed E-state index contributed by atoms with van der Waals surface area (Å²) in [5.74, 6) is 11.3. The van der Waals surface area contributed by atoms with Gasteiger partial charge in [0.2, 0.25) is 6.20 Å². The van der Waals surface area contributed by atoms with Crippen molar-refractivity contribution >= 4 is 10.1 Å². The Hall–Kier alpha value is -2.36. The summed E-state index contributed by atoms with van der Waals surface area (Å²) in [5, 5.41) is 0. The minimum Gasteiger partial charge on any atom is -0.253 e. The van der Waals surface area contributed by atoms with Gasteiger partial charge in [0.1, 0.15) is 6.61 Å². The number of aryl methyl sites for hydroxylation is 4. The molecule has 126 valence electrons. The average Bonchev–Trinajstić information content (AvgIpc) is 2.43. The van der Waals surface area contributed by atoms with E-state index in [0.717, 1.165) is 11.1 Å². The highest BCUT2D eigenvalue weighted by atomic mass is 32.2. The topological polar surface area (TPSA) is 73.3 Å². The molecule has 24 heavy (non-hydrogen) atoms. The predicted molar refractivity (Wildman–Crippen MR) is 92.2 cm³/mol. The molecule has 0 aliphatic rings. The van der Waals surface area contributed by atoms with Gasteiger partial charge in [-0.05, 0) is 44.9 Å². The molecule has 0 amide bonds. The Kier molecular flexibility index (Phi) is 5.27. The number of hydrogen-bond acceptors (Lipinski definition) is 4. The van der Waals surface area contributed by atoms with E-state index in [2.05, 4.69) is 11.8 Å². The summed E-state index contributed by atoms with van der Waals surface area (Å²) < 4.78 is 31.2. The number of nitrogens with zero attached hydrogens (tertiary/aromatic N) is 1. The molecule has 6 heteroatoms. The lowest BCUT2D eigenvalue weighted by atomic mass is 10.1. The van der Waals surface area contributed by atoms with E-state index in [-0.39, 0.29) is 11.5 Å². The van der Waals surface area contributed by atoms with Crippen LogP contribution in [0.2, 0.25) is 0 Å². The summed E-state index contributed by atoms with van der Waals surface area (Å²) in [4.78, 5) is 0.208. The lowest BCUT2D eigenvalue weighted by molar-refractivity contribution is -0.641. The summed E-state index contributed by atoms with van der Waals surface area (Å²) in [6.07, 6.45) is 1.74. The van der Waals surface area contributed by atoms with Crippen LogP contribution in [0.15, 0.2) is 35.4 Å². The molecule has 0 saturated carbocycles. The molecule has 1 heterocycles. The van der Waals surface area contributed by atoms with Crippen LogP contribution in [-0.2, 0) is 14.3 Å². The fourth-order valence-corrected chi connectivity index (χ4v) is 3.83. The number of nitrogens with two attached hydrogens (primary N) is 1. The van der Waals surface area contributed by atoms with E-state index in [1.807, 2.05) is 32.0 Å². The van der Waals surface area contributed by atoms with Crippen LogP contribution in [0.25, 0.3) is 0 Å². The van der Waals surface area contributed by atoms with Crippen molar-refractivity contribution in [1.29, 1.82) is 0 Å². The molecule has 2 aromatic rings. The molecule has 2 rings (SSSR count). The maximum Gasteiger partial charge on any atom is 0.298 e. The number of rotatable bonds is 3. The van der Waals surface area contributed by atoms with Gasteiger partial charge in [-0.1, -0.05) is 28.3 Å². The molecular weight excluding hydrogens is 324 g/mol. The van der Waals surface area contributed by atoms with E-state index < -0.39 is 10.1 Å². The minimum absolute atomic E-state index is 0.208. The first-order chi connectivity index (χ1) is 11.2. The predicted octanol–water partition coefficient (Wildman–Crippen LogP) is 1.68. The minimum atomic E-state index is -3.85. The molecule has 5 nitrogen and oxygen atoms in total. The van der Waals surface area contributed by atoms with Crippen molar-refractivity contribution in [3.8, 4) is 11.8 Å². The third-order valence-corrected chi connectivity index (χ3v) is 5.05. The molecule has 0 atom stereocenters. The Balaban J connectivity index is 2.16. The molecule has 0 fully saturated rings. The Bertz CT molecular complexity index is 915. The van der Waals surface area contributed by atoms with E-state index in [1.54, 1.807) is 26.1 Å². The molecule has 0 aliphatic heterocycles. The zero-order valence-corrected chi connectivity index (χ0v) is 15.1. The molecule has 0 aliphatic carbocycles. The summed E-state index contributed by atoms with van der Waals surface area (Å²) >= 11 is 0. The first kappa shape index (κ1) is 18.0. The maximum absolute atomic E-state index is 12.4. The molecule has 1 aromatic carbocycles. The van der Waals surface area contributed by atoms with Gasteiger partial charge in [0.05, 0.1) is 4.90 Å². The Morgan fingerprint density at radius 2 is 1.71 bits per heavy atom. The molecule has 0 spiro atoms. The highest BCUT2D eigenvalue weighted by Gasteiger charge is 2.20. The number of aromatic nitrogens is 1. The lowest BCUT2D eigenvalue weighted by Crippen LogP contribution is -2.47. The summed E-state index contributed by atoms with van der Waals surface area (Å²) in [6, 6.07) is 7.28. The van der Waals surface area contributed by atoms with E-state index in [0.29, 0.717) is 16.8 Å². The molecule has 0 radical (unpaired) electrons. The van der Waals surface area contributed by atoms with E-state index in [4.69, 9.17) is 10.0 Å². The molecule has 0 unspecified atom stereocenters. The first-order valence-corrected chi connectivity index (χ1v) is 8.85. The van der Waals surface area contributed by atoms with Crippen LogP contribution in [0, 0.1) is 39.5 Å². The highest BCUT2D eigenvalue weighted by Crippen LogP contribution is 2.23. The maximum atomic E-state index is 12.4. The quantitative estimate of drug-likeness (QED) is 0.398. The van der Waals surface area contributed by atoms with Gasteiger partial charge in [0.25, 0.3) is 15.8 Å². The fraction of sp³-hybridized carbons (Fsp3) is 0.278.